The summed E-state index contributed by atoms with van der Waals surface area (Å²) in [6.07, 6.45) is 0. The maximum absolute atomic E-state index is 13.3. The molecule has 0 aliphatic carbocycles. The lowest BCUT2D eigenvalue weighted by Gasteiger charge is -2.24. The van der Waals surface area contributed by atoms with E-state index in [0.717, 1.165) is 9.87 Å². The molecule has 0 unspecified atom stereocenters. The summed E-state index contributed by atoms with van der Waals surface area (Å²) < 4.78 is 27.6. The highest BCUT2D eigenvalue weighted by molar-refractivity contribution is 7.92. The maximum atomic E-state index is 13.3. The second-order valence-electron chi connectivity index (χ2n) is 6.31. The summed E-state index contributed by atoms with van der Waals surface area (Å²) in [7, 11) is -4.03. The van der Waals surface area contributed by atoms with Crippen molar-refractivity contribution in [1.82, 2.24) is 0 Å². The number of aryl methyl sites for hydroxylation is 1. The van der Waals surface area contributed by atoms with Crippen LogP contribution in [-0.4, -0.2) is 20.9 Å². The van der Waals surface area contributed by atoms with E-state index in [4.69, 9.17) is 23.2 Å². The van der Waals surface area contributed by atoms with Gasteiger partial charge in [-0.05, 0) is 61.0 Å². The van der Waals surface area contributed by atoms with Gasteiger partial charge in [0, 0.05) is 15.7 Å². The van der Waals surface area contributed by atoms with Crippen molar-refractivity contribution in [2.75, 3.05) is 16.2 Å². The molecule has 8 heteroatoms. The number of benzene rings is 3. The molecule has 1 N–H and O–H groups in total. The van der Waals surface area contributed by atoms with Gasteiger partial charge in [0.15, 0.2) is 0 Å². The predicted molar refractivity (Wildman–Crippen MR) is 117 cm³/mol. The van der Waals surface area contributed by atoms with Gasteiger partial charge < -0.3 is 5.32 Å². The largest absolute Gasteiger partial charge is 0.324 e. The normalized spacial score (nSPS) is 11.1. The molecule has 0 aliphatic rings. The highest BCUT2D eigenvalue weighted by Gasteiger charge is 2.27. The Morgan fingerprint density at radius 2 is 1.62 bits per heavy atom. The molecule has 0 radical (unpaired) electrons. The zero-order valence-electron chi connectivity index (χ0n) is 15.5. The molecule has 3 rings (SSSR count). The van der Waals surface area contributed by atoms with E-state index in [-0.39, 0.29) is 10.6 Å². The van der Waals surface area contributed by atoms with E-state index in [9.17, 15) is 13.2 Å². The summed E-state index contributed by atoms with van der Waals surface area (Å²) in [4.78, 5) is 12.7. The number of carbonyl (C=O) groups is 1. The Balaban J connectivity index is 1.96. The van der Waals surface area contributed by atoms with E-state index in [1.165, 1.54) is 30.3 Å². The van der Waals surface area contributed by atoms with E-state index >= 15 is 0 Å². The van der Waals surface area contributed by atoms with Crippen LogP contribution in [0.2, 0.25) is 10.0 Å². The van der Waals surface area contributed by atoms with Crippen LogP contribution in [0.15, 0.2) is 77.7 Å². The van der Waals surface area contributed by atoms with Gasteiger partial charge in [0.2, 0.25) is 5.91 Å². The molecule has 0 saturated heterocycles. The molecule has 0 aromatic heterocycles. The first-order valence-corrected chi connectivity index (χ1v) is 10.9. The molecule has 1 amide bonds. The Morgan fingerprint density at radius 1 is 0.931 bits per heavy atom. The number of anilines is 2. The van der Waals surface area contributed by atoms with Crippen LogP contribution in [0.4, 0.5) is 11.4 Å². The monoisotopic (exact) mass is 448 g/mol. The van der Waals surface area contributed by atoms with Gasteiger partial charge in [-0.2, -0.15) is 0 Å². The Morgan fingerprint density at radius 3 is 2.28 bits per heavy atom. The van der Waals surface area contributed by atoms with Crippen LogP contribution in [0.25, 0.3) is 0 Å². The van der Waals surface area contributed by atoms with Gasteiger partial charge in [-0.1, -0.05) is 47.5 Å². The smallest absolute Gasteiger partial charge is 0.264 e. The summed E-state index contributed by atoms with van der Waals surface area (Å²) in [5, 5.41) is 3.53. The molecule has 0 fully saturated rings. The van der Waals surface area contributed by atoms with Gasteiger partial charge in [-0.25, -0.2) is 8.42 Å². The molecular weight excluding hydrogens is 431 g/mol. The molecule has 0 spiro atoms. The minimum absolute atomic E-state index is 0.0190. The summed E-state index contributed by atoms with van der Waals surface area (Å²) in [6, 6.07) is 19.4. The standard InChI is InChI=1S/C21H18Cl2N2O3S/c1-15-5-2-3-8-20(15)24-21(26)14-25(18-7-4-6-17(23)13-18)29(27,28)19-11-9-16(22)10-12-19/h2-13H,14H2,1H3,(H,24,26). The third-order valence-electron chi connectivity index (χ3n) is 4.20. The summed E-state index contributed by atoms with van der Waals surface area (Å²) in [5.74, 6) is -0.475. The Hall–Kier alpha value is -2.54. The van der Waals surface area contributed by atoms with Crippen LogP contribution < -0.4 is 9.62 Å². The van der Waals surface area contributed by atoms with Gasteiger partial charge >= 0.3 is 0 Å². The van der Waals surface area contributed by atoms with Gasteiger partial charge in [0.1, 0.15) is 6.54 Å². The molecule has 0 saturated carbocycles. The van der Waals surface area contributed by atoms with E-state index in [1.54, 1.807) is 30.3 Å². The van der Waals surface area contributed by atoms with Crippen LogP contribution in [0.5, 0.6) is 0 Å². The average molecular weight is 449 g/mol. The van der Waals surface area contributed by atoms with E-state index in [2.05, 4.69) is 5.32 Å². The SMILES string of the molecule is Cc1ccccc1NC(=O)CN(c1cccc(Cl)c1)S(=O)(=O)c1ccc(Cl)cc1. The minimum atomic E-state index is -4.03. The second kappa shape index (κ2) is 8.86. The minimum Gasteiger partial charge on any atom is -0.324 e. The Bertz CT molecular complexity index is 1130. The first-order valence-electron chi connectivity index (χ1n) is 8.67. The van der Waals surface area contributed by atoms with Crippen LogP contribution in [0.1, 0.15) is 5.56 Å². The quantitative estimate of drug-likeness (QED) is 0.567. The number of amides is 1. The fraction of sp³-hybridized carbons (Fsp3) is 0.0952. The highest BCUT2D eigenvalue weighted by Crippen LogP contribution is 2.27. The third kappa shape index (κ3) is 5.09. The van der Waals surface area contributed by atoms with Crippen LogP contribution in [0, 0.1) is 6.92 Å². The van der Waals surface area contributed by atoms with Crippen molar-refractivity contribution in [2.24, 2.45) is 0 Å². The number of carbonyl (C=O) groups excluding carboxylic acids is 1. The van der Waals surface area contributed by atoms with E-state index in [1.807, 2.05) is 19.1 Å². The first kappa shape index (κ1) is 21.2. The summed E-state index contributed by atoms with van der Waals surface area (Å²) in [5.41, 5.74) is 1.77. The van der Waals surface area contributed by atoms with Crippen LogP contribution in [-0.2, 0) is 14.8 Å². The van der Waals surface area contributed by atoms with Gasteiger partial charge in [-0.15, -0.1) is 0 Å². The highest BCUT2D eigenvalue weighted by atomic mass is 35.5. The number of sulfonamides is 1. The average Bonchev–Trinajstić information content (AvgIpc) is 2.68. The van der Waals surface area contributed by atoms with Crippen molar-refractivity contribution >= 4 is 50.5 Å². The predicted octanol–water partition coefficient (Wildman–Crippen LogP) is 5.14. The van der Waals surface area contributed by atoms with Crippen molar-refractivity contribution in [3.05, 3.63) is 88.4 Å². The zero-order chi connectivity index (χ0) is 21.0. The van der Waals surface area contributed by atoms with Gasteiger partial charge in [-0.3, -0.25) is 9.10 Å². The molecular formula is C21H18Cl2N2O3S. The fourth-order valence-electron chi connectivity index (χ4n) is 2.71. The lowest BCUT2D eigenvalue weighted by atomic mass is 10.2. The molecule has 0 heterocycles. The number of rotatable bonds is 6. The summed E-state index contributed by atoms with van der Waals surface area (Å²) >= 11 is 11.9. The molecule has 0 aliphatic heterocycles. The fourth-order valence-corrected chi connectivity index (χ4v) is 4.44. The number of nitrogens with one attached hydrogen (secondary N) is 1. The number of nitrogens with zero attached hydrogens (tertiary/aromatic N) is 1. The second-order valence-corrected chi connectivity index (χ2v) is 9.04. The third-order valence-corrected chi connectivity index (χ3v) is 6.48. The maximum Gasteiger partial charge on any atom is 0.264 e. The molecule has 3 aromatic rings. The van der Waals surface area contributed by atoms with E-state index < -0.39 is 22.5 Å². The van der Waals surface area contributed by atoms with Crippen LogP contribution >= 0.6 is 23.2 Å². The Kier molecular flexibility index (Phi) is 6.47. The van der Waals surface area contributed by atoms with Crippen molar-refractivity contribution in [3.8, 4) is 0 Å². The van der Waals surface area contributed by atoms with Crippen molar-refractivity contribution in [2.45, 2.75) is 11.8 Å². The zero-order valence-corrected chi connectivity index (χ0v) is 17.8. The van der Waals surface area contributed by atoms with E-state index in [0.29, 0.717) is 15.7 Å². The van der Waals surface area contributed by atoms with Crippen molar-refractivity contribution < 1.29 is 13.2 Å². The first-order chi connectivity index (χ1) is 13.8. The lowest BCUT2D eigenvalue weighted by molar-refractivity contribution is -0.114. The molecule has 150 valence electrons. The summed E-state index contributed by atoms with van der Waals surface area (Å²) in [6.45, 7) is 1.44. The number of hydrogen-bond acceptors (Lipinski definition) is 3. The molecule has 0 bridgehead atoms. The van der Waals surface area contributed by atoms with Gasteiger partial charge in [0.25, 0.3) is 10.0 Å². The number of halogens is 2. The molecule has 29 heavy (non-hydrogen) atoms. The van der Waals surface area contributed by atoms with Crippen molar-refractivity contribution in [3.63, 3.8) is 0 Å². The Labute approximate surface area is 179 Å². The molecule has 3 aromatic carbocycles. The van der Waals surface area contributed by atoms with Gasteiger partial charge in [0.05, 0.1) is 10.6 Å². The number of para-hydroxylation sites is 1. The topological polar surface area (TPSA) is 66.5 Å². The number of hydrogen-bond donors (Lipinski definition) is 1. The van der Waals surface area contributed by atoms with Crippen LogP contribution in [0.3, 0.4) is 0 Å². The van der Waals surface area contributed by atoms with Crippen molar-refractivity contribution in [1.29, 1.82) is 0 Å². The molecule has 0 atom stereocenters. The molecule has 5 nitrogen and oxygen atoms in total. The lowest BCUT2D eigenvalue weighted by Crippen LogP contribution is -2.38.